The molecule has 1 aromatic carbocycles. The maximum atomic E-state index is 5.25. The van der Waals surface area contributed by atoms with Crippen molar-refractivity contribution in [2.75, 3.05) is 14.2 Å². The molecule has 4 nitrogen and oxygen atoms in total. The quantitative estimate of drug-likeness (QED) is 0.892. The number of aryl methyl sites for hydroxylation is 1. The molecule has 1 N–H and O–H groups in total. The van der Waals surface area contributed by atoms with Crippen LogP contribution in [0.15, 0.2) is 36.5 Å². The van der Waals surface area contributed by atoms with Crippen LogP contribution in [0, 0.1) is 6.92 Å². The van der Waals surface area contributed by atoms with Crippen LogP contribution >= 0.6 is 0 Å². The first kappa shape index (κ1) is 13.5. The largest absolute Gasteiger partial charge is 0.497 e. The van der Waals surface area contributed by atoms with E-state index in [9.17, 15) is 0 Å². The lowest BCUT2D eigenvalue weighted by atomic mass is 10.0. The summed E-state index contributed by atoms with van der Waals surface area (Å²) in [4.78, 5) is 8.61. The van der Waals surface area contributed by atoms with E-state index in [1.54, 1.807) is 13.3 Å². The number of nitrogens with zero attached hydrogens (tertiary/aromatic N) is 2. The highest BCUT2D eigenvalue weighted by atomic mass is 16.5. The molecule has 100 valence electrons. The summed E-state index contributed by atoms with van der Waals surface area (Å²) in [5.74, 6) is 1.68. The molecule has 19 heavy (non-hydrogen) atoms. The predicted octanol–water partition coefficient (Wildman–Crippen LogP) is 2.30. The minimum atomic E-state index is 0.175. The van der Waals surface area contributed by atoms with E-state index in [4.69, 9.17) is 4.74 Å². The van der Waals surface area contributed by atoms with Gasteiger partial charge in [-0.1, -0.05) is 12.1 Å². The fourth-order valence-corrected chi connectivity index (χ4v) is 2.06. The first-order valence-corrected chi connectivity index (χ1v) is 6.32. The minimum Gasteiger partial charge on any atom is -0.497 e. The van der Waals surface area contributed by atoms with Crippen molar-refractivity contribution in [2.24, 2.45) is 0 Å². The van der Waals surface area contributed by atoms with Crippen molar-refractivity contribution in [3.63, 3.8) is 0 Å². The fourth-order valence-electron chi connectivity index (χ4n) is 2.06. The Hall–Kier alpha value is -1.94. The molecule has 0 saturated heterocycles. The summed E-state index contributed by atoms with van der Waals surface area (Å²) in [6, 6.07) is 10.2. The molecule has 0 amide bonds. The van der Waals surface area contributed by atoms with E-state index in [-0.39, 0.29) is 6.04 Å². The Bertz CT molecular complexity index is 542. The molecular formula is C15H19N3O. The summed E-state index contributed by atoms with van der Waals surface area (Å²) in [6.07, 6.45) is 2.66. The first-order chi connectivity index (χ1) is 9.22. The predicted molar refractivity (Wildman–Crippen MR) is 75.3 cm³/mol. The lowest BCUT2D eigenvalue weighted by molar-refractivity contribution is 0.414. The summed E-state index contributed by atoms with van der Waals surface area (Å²) in [7, 11) is 3.63. The zero-order chi connectivity index (χ0) is 13.7. The maximum Gasteiger partial charge on any atom is 0.125 e. The van der Waals surface area contributed by atoms with E-state index < -0.39 is 0 Å². The van der Waals surface area contributed by atoms with Crippen molar-refractivity contribution < 1.29 is 4.74 Å². The van der Waals surface area contributed by atoms with Gasteiger partial charge in [-0.25, -0.2) is 9.97 Å². The summed E-state index contributed by atoms with van der Waals surface area (Å²) in [5.41, 5.74) is 2.23. The number of rotatable bonds is 5. The molecule has 0 saturated carbocycles. The van der Waals surface area contributed by atoms with Gasteiger partial charge in [0.2, 0.25) is 0 Å². The molecule has 0 aliphatic rings. The molecule has 1 atom stereocenters. The number of ether oxygens (including phenoxy) is 1. The van der Waals surface area contributed by atoms with Gasteiger partial charge in [0.15, 0.2) is 0 Å². The fraction of sp³-hybridized carbons (Fsp3) is 0.333. The average molecular weight is 257 g/mol. The van der Waals surface area contributed by atoms with Gasteiger partial charge in [0.05, 0.1) is 18.8 Å². The summed E-state index contributed by atoms with van der Waals surface area (Å²) in [6.45, 7) is 1.90. The third-order valence-corrected chi connectivity index (χ3v) is 3.08. The molecule has 4 heteroatoms. The first-order valence-electron chi connectivity index (χ1n) is 6.32. The van der Waals surface area contributed by atoms with Crippen LogP contribution in [0.5, 0.6) is 5.75 Å². The topological polar surface area (TPSA) is 47.0 Å². The van der Waals surface area contributed by atoms with E-state index >= 15 is 0 Å². The average Bonchev–Trinajstić information content (AvgIpc) is 2.45. The van der Waals surface area contributed by atoms with Crippen LogP contribution in [0.2, 0.25) is 0 Å². The van der Waals surface area contributed by atoms with Crippen LogP contribution in [0.3, 0.4) is 0 Å². The Kier molecular flexibility index (Phi) is 4.47. The van der Waals surface area contributed by atoms with Gasteiger partial charge in [-0.2, -0.15) is 0 Å². The van der Waals surface area contributed by atoms with Crippen LogP contribution in [0.4, 0.5) is 0 Å². The van der Waals surface area contributed by atoms with E-state index in [2.05, 4.69) is 27.4 Å². The number of benzene rings is 1. The highest BCUT2D eigenvalue weighted by Gasteiger charge is 2.12. The maximum absolute atomic E-state index is 5.25. The molecule has 1 unspecified atom stereocenters. The Morgan fingerprint density at radius 1 is 1.32 bits per heavy atom. The normalized spacial score (nSPS) is 12.2. The molecule has 0 aliphatic heterocycles. The van der Waals surface area contributed by atoms with Crippen LogP contribution in [-0.2, 0) is 6.42 Å². The Morgan fingerprint density at radius 2 is 2.16 bits per heavy atom. The smallest absolute Gasteiger partial charge is 0.125 e. The van der Waals surface area contributed by atoms with Crippen molar-refractivity contribution in [3.8, 4) is 5.75 Å². The third kappa shape index (κ3) is 3.51. The van der Waals surface area contributed by atoms with Gasteiger partial charge in [0.1, 0.15) is 11.6 Å². The van der Waals surface area contributed by atoms with Gasteiger partial charge in [-0.05, 0) is 44.2 Å². The number of hydrogen-bond acceptors (Lipinski definition) is 4. The standard InChI is InChI=1S/C15H19N3O/c1-11-17-8-7-14(18-11)15(16-2)10-12-5-4-6-13(9-12)19-3/h4-9,15-16H,10H2,1-3H3. The van der Waals surface area contributed by atoms with Gasteiger partial charge in [0, 0.05) is 6.20 Å². The van der Waals surface area contributed by atoms with Crippen LogP contribution in [0.25, 0.3) is 0 Å². The van der Waals surface area contributed by atoms with Crippen LogP contribution in [-0.4, -0.2) is 24.1 Å². The SMILES string of the molecule is CNC(Cc1cccc(OC)c1)c1ccnc(C)n1. The van der Waals surface area contributed by atoms with E-state index in [0.29, 0.717) is 0 Å². The summed E-state index contributed by atoms with van der Waals surface area (Å²) in [5, 5.41) is 3.30. The zero-order valence-corrected chi connectivity index (χ0v) is 11.6. The molecule has 0 radical (unpaired) electrons. The second-order valence-corrected chi connectivity index (χ2v) is 4.43. The van der Waals surface area contributed by atoms with E-state index in [1.165, 1.54) is 5.56 Å². The molecule has 1 heterocycles. The number of likely N-dealkylation sites (N-methyl/N-ethyl adjacent to an activating group) is 1. The number of nitrogens with one attached hydrogen (secondary N) is 1. The van der Waals surface area contributed by atoms with Gasteiger partial charge in [0.25, 0.3) is 0 Å². The van der Waals surface area contributed by atoms with Gasteiger partial charge in [-0.3, -0.25) is 0 Å². The van der Waals surface area contributed by atoms with Crippen LogP contribution < -0.4 is 10.1 Å². The molecule has 2 aromatic rings. The Labute approximate surface area is 113 Å². The summed E-state index contributed by atoms with van der Waals surface area (Å²) < 4.78 is 5.25. The molecule has 0 aliphatic carbocycles. The lowest BCUT2D eigenvalue weighted by Crippen LogP contribution is -2.20. The Balaban J connectivity index is 2.18. The second kappa shape index (κ2) is 6.29. The van der Waals surface area contributed by atoms with Crippen molar-refractivity contribution in [1.82, 2.24) is 15.3 Å². The van der Waals surface area contributed by atoms with Gasteiger partial charge >= 0.3 is 0 Å². The molecule has 1 aromatic heterocycles. The third-order valence-electron chi connectivity index (χ3n) is 3.08. The molecule has 0 bridgehead atoms. The second-order valence-electron chi connectivity index (χ2n) is 4.43. The van der Waals surface area contributed by atoms with Crippen molar-refractivity contribution in [3.05, 3.63) is 53.6 Å². The van der Waals surface area contributed by atoms with Crippen LogP contribution in [0.1, 0.15) is 23.1 Å². The zero-order valence-electron chi connectivity index (χ0n) is 11.6. The number of aromatic nitrogens is 2. The molecule has 0 fully saturated rings. The lowest BCUT2D eigenvalue weighted by Gasteiger charge is -2.16. The van der Waals surface area contributed by atoms with Crippen molar-refractivity contribution in [2.45, 2.75) is 19.4 Å². The molecular weight excluding hydrogens is 238 g/mol. The summed E-state index contributed by atoms with van der Waals surface area (Å²) >= 11 is 0. The van der Waals surface area contributed by atoms with Gasteiger partial charge < -0.3 is 10.1 Å². The highest BCUT2D eigenvalue weighted by Crippen LogP contribution is 2.19. The van der Waals surface area contributed by atoms with Gasteiger partial charge in [-0.15, -0.1) is 0 Å². The monoisotopic (exact) mass is 257 g/mol. The number of methoxy groups -OCH3 is 1. The van der Waals surface area contributed by atoms with E-state index in [1.807, 2.05) is 32.2 Å². The van der Waals surface area contributed by atoms with E-state index in [0.717, 1.165) is 23.7 Å². The molecule has 0 spiro atoms. The van der Waals surface area contributed by atoms with Crippen molar-refractivity contribution in [1.29, 1.82) is 0 Å². The van der Waals surface area contributed by atoms with Crippen molar-refractivity contribution >= 4 is 0 Å². The number of hydrogen-bond donors (Lipinski definition) is 1. The minimum absolute atomic E-state index is 0.175. The highest BCUT2D eigenvalue weighted by molar-refractivity contribution is 5.29. The Morgan fingerprint density at radius 3 is 2.84 bits per heavy atom. The molecule has 2 rings (SSSR count).